The zero-order chi connectivity index (χ0) is 24.1. The van der Waals surface area contributed by atoms with Crippen molar-refractivity contribution < 1.29 is 34.2 Å². The van der Waals surface area contributed by atoms with Crippen molar-refractivity contribution in [1.29, 1.82) is 0 Å². The van der Waals surface area contributed by atoms with Crippen LogP contribution in [-0.4, -0.2) is 58.8 Å². The largest absolute Gasteiger partial charge is 0.550 e. The maximum absolute atomic E-state index is 11.0. The second-order valence-corrected chi connectivity index (χ2v) is 8.89. The van der Waals surface area contributed by atoms with E-state index in [0.29, 0.717) is 43.4 Å². The maximum Gasteiger partial charge on any atom is 0.303 e. The molecule has 0 saturated heterocycles. The van der Waals surface area contributed by atoms with E-state index in [9.17, 15) is 19.5 Å². The van der Waals surface area contributed by atoms with Crippen LogP contribution < -0.4 is 5.11 Å². The molecule has 0 atom stereocenters. The van der Waals surface area contributed by atoms with Crippen LogP contribution in [0.5, 0.6) is 0 Å². The first-order valence-corrected chi connectivity index (χ1v) is 12.4. The summed E-state index contributed by atoms with van der Waals surface area (Å²) in [4.78, 5) is 32.8. The second kappa shape index (κ2) is 19.8. The summed E-state index contributed by atoms with van der Waals surface area (Å²) in [6.45, 7) is 4.81. The van der Waals surface area contributed by atoms with Crippen LogP contribution in [0.1, 0.15) is 103 Å². The van der Waals surface area contributed by atoms with Gasteiger partial charge in [-0.1, -0.05) is 44.3 Å². The van der Waals surface area contributed by atoms with Gasteiger partial charge in [-0.15, -0.1) is 0 Å². The summed E-state index contributed by atoms with van der Waals surface area (Å²) >= 11 is 0. The summed E-state index contributed by atoms with van der Waals surface area (Å²) in [5, 5.41) is 28.9. The normalized spacial score (nSPS) is 11.8. The van der Waals surface area contributed by atoms with Crippen molar-refractivity contribution in [1.82, 2.24) is 0 Å². The summed E-state index contributed by atoms with van der Waals surface area (Å²) in [6, 6.07) is 0. The fraction of sp³-hybridized carbons (Fsp3) is 0.800. The molecule has 0 rings (SSSR count). The predicted molar refractivity (Wildman–Crippen MR) is 124 cm³/mol. The third kappa shape index (κ3) is 18.8. The molecule has 0 aromatic rings. The average Bonchev–Trinajstić information content (AvgIpc) is 2.71. The lowest BCUT2D eigenvalue weighted by Crippen LogP contribution is -2.51. The molecule has 0 unspecified atom stereocenters. The fourth-order valence-electron chi connectivity index (χ4n) is 4.30. The molecule has 0 aliphatic carbocycles. The highest BCUT2D eigenvalue weighted by Crippen LogP contribution is 2.18. The van der Waals surface area contributed by atoms with Crippen molar-refractivity contribution in [3.8, 4) is 0 Å². The Kier molecular flexibility index (Phi) is 18.6. The Balaban J connectivity index is 4.56. The Bertz CT molecular complexity index is 496. The lowest BCUT2D eigenvalue weighted by atomic mass is 10.1. The summed E-state index contributed by atoms with van der Waals surface area (Å²) in [6.07, 6.45) is 16.6. The van der Waals surface area contributed by atoms with Gasteiger partial charge in [0.15, 0.2) is 0 Å². The van der Waals surface area contributed by atoms with Gasteiger partial charge in [-0.25, -0.2) is 0 Å². The SMILES string of the molecule is C/C=C/CCCCCCCCCC[N+](CCCC(=O)[O-])(CCCC(=O)O)CCCC(=O)O. The number of carbonyl (C=O) groups excluding carboxylic acids is 1. The lowest BCUT2D eigenvalue weighted by molar-refractivity contribution is -0.929. The number of rotatable bonds is 23. The molecular weight excluding hydrogens is 410 g/mol. The highest BCUT2D eigenvalue weighted by Gasteiger charge is 2.26. The number of carbonyl (C=O) groups is 3. The van der Waals surface area contributed by atoms with E-state index in [1.807, 2.05) is 0 Å². The Hall–Kier alpha value is -1.89. The highest BCUT2D eigenvalue weighted by molar-refractivity contribution is 5.66. The van der Waals surface area contributed by atoms with Gasteiger partial charge < -0.3 is 24.6 Å². The van der Waals surface area contributed by atoms with E-state index in [0.717, 1.165) is 32.2 Å². The monoisotopic (exact) mass is 455 g/mol. The molecule has 7 nitrogen and oxygen atoms in total. The van der Waals surface area contributed by atoms with Crippen molar-refractivity contribution in [3.05, 3.63) is 12.2 Å². The fourth-order valence-corrected chi connectivity index (χ4v) is 4.30. The van der Waals surface area contributed by atoms with Crippen LogP contribution in [0.15, 0.2) is 12.2 Å². The molecule has 7 heteroatoms. The van der Waals surface area contributed by atoms with Gasteiger partial charge in [0.1, 0.15) is 0 Å². The van der Waals surface area contributed by atoms with Crippen molar-refractivity contribution in [2.75, 3.05) is 26.2 Å². The number of quaternary nitrogens is 1. The minimum Gasteiger partial charge on any atom is -0.550 e. The van der Waals surface area contributed by atoms with Crippen molar-refractivity contribution in [2.24, 2.45) is 0 Å². The molecule has 0 radical (unpaired) electrons. The molecule has 0 amide bonds. The Morgan fingerprint density at radius 3 is 1.50 bits per heavy atom. The van der Waals surface area contributed by atoms with E-state index in [1.54, 1.807) is 0 Å². The van der Waals surface area contributed by atoms with Gasteiger partial charge in [-0.3, -0.25) is 9.59 Å². The van der Waals surface area contributed by atoms with Crippen LogP contribution in [0.25, 0.3) is 0 Å². The number of nitrogens with zero attached hydrogens (tertiary/aromatic N) is 1. The smallest absolute Gasteiger partial charge is 0.303 e. The molecule has 0 spiro atoms. The topological polar surface area (TPSA) is 115 Å². The van der Waals surface area contributed by atoms with E-state index >= 15 is 0 Å². The van der Waals surface area contributed by atoms with Gasteiger partial charge in [-0.2, -0.15) is 0 Å². The zero-order valence-corrected chi connectivity index (χ0v) is 20.1. The molecule has 2 N–H and O–H groups in total. The van der Waals surface area contributed by atoms with E-state index in [4.69, 9.17) is 10.2 Å². The number of hydrogen-bond donors (Lipinski definition) is 2. The minimum atomic E-state index is -1.08. The summed E-state index contributed by atoms with van der Waals surface area (Å²) in [7, 11) is 0. The van der Waals surface area contributed by atoms with E-state index in [2.05, 4.69) is 19.1 Å². The Labute approximate surface area is 194 Å². The van der Waals surface area contributed by atoms with Crippen LogP contribution in [0, 0.1) is 0 Å². The lowest BCUT2D eigenvalue weighted by Gasteiger charge is -2.39. The molecule has 0 aromatic heterocycles. The predicted octanol–water partition coefficient (Wildman–Crippen LogP) is 4.15. The number of carboxylic acid groups (broad SMARTS) is 3. The van der Waals surface area contributed by atoms with Crippen LogP contribution in [0.2, 0.25) is 0 Å². The summed E-state index contributed by atoms with van der Waals surface area (Å²) in [5.41, 5.74) is 0. The molecule has 32 heavy (non-hydrogen) atoms. The van der Waals surface area contributed by atoms with E-state index in [1.165, 1.54) is 32.1 Å². The Morgan fingerprint density at radius 1 is 0.656 bits per heavy atom. The molecule has 0 aliphatic rings. The molecule has 0 aliphatic heterocycles. The van der Waals surface area contributed by atoms with E-state index < -0.39 is 17.9 Å². The molecule has 0 heterocycles. The molecule has 0 saturated carbocycles. The quantitative estimate of drug-likeness (QED) is 0.136. The third-order valence-electron chi connectivity index (χ3n) is 6.05. The summed E-state index contributed by atoms with van der Waals surface area (Å²) < 4.78 is 0.610. The van der Waals surface area contributed by atoms with Gasteiger partial charge in [0, 0.05) is 25.2 Å². The zero-order valence-electron chi connectivity index (χ0n) is 20.1. The first-order valence-electron chi connectivity index (χ1n) is 12.4. The standard InChI is InChI=1S/C25H45NO6/c1-2-3-4-5-6-7-8-9-10-11-12-19-26(20-13-16-23(27)28,21-14-17-24(29)30)22-15-18-25(31)32/h2-3H,4-22H2,1H3,(H2-,27,28,29,30,31,32)/b3-2+. The van der Waals surface area contributed by atoms with Crippen molar-refractivity contribution in [2.45, 2.75) is 103 Å². The third-order valence-corrected chi connectivity index (χ3v) is 6.05. The maximum atomic E-state index is 11.0. The number of unbranched alkanes of at least 4 members (excludes halogenated alkanes) is 8. The molecule has 0 bridgehead atoms. The highest BCUT2D eigenvalue weighted by atomic mass is 16.4. The number of aliphatic carboxylic acids is 3. The first-order chi connectivity index (χ1) is 15.3. The minimum absolute atomic E-state index is 0.0219. The number of allylic oxidation sites excluding steroid dienone is 2. The number of hydrogen-bond acceptors (Lipinski definition) is 4. The molecule has 0 fully saturated rings. The molecule has 0 aromatic carbocycles. The Morgan fingerprint density at radius 2 is 1.06 bits per heavy atom. The second-order valence-electron chi connectivity index (χ2n) is 8.89. The first kappa shape index (κ1) is 30.1. The number of carboxylic acids is 3. The van der Waals surface area contributed by atoms with Crippen LogP contribution >= 0.6 is 0 Å². The van der Waals surface area contributed by atoms with Crippen LogP contribution in [-0.2, 0) is 14.4 Å². The van der Waals surface area contributed by atoms with Crippen molar-refractivity contribution in [3.63, 3.8) is 0 Å². The van der Waals surface area contributed by atoms with Gasteiger partial charge in [-0.05, 0) is 39.0 Å². The average molecular weight is 456 g/mol. The molecular formula is C25H45NO6. The van der Waals surface area contributed by atoms with Crippen molar-refractivity contribution >= 4 is 17.9 Å². The van der Waals surface area contributed by atoms with Gasteiger partial charge in [0.05, 0.1) is 39.0 Å². The van der Waals surface area contributed by atoms with Crippen LogP contribution in [0.4, 0.5) is 0 Å². The van der Waals surface area contributed by atoms with Crippen LogP contribution in [0.3, 0.4) is 0 Å². The van der Waals surface area contributed by atoms with Gasteiger partial charge in [0.25, 0.3) is 0 Å². The van der Waals surface area contributed by atoms with Gasteiger partial charge >= 0.3 is 11.9 Å². The molecule has 186 valence electrons. The van der Waals surface area contributed by atoms with E-state index in [-0.39, 0.29) is 19.3 Å². The summed E-state index contributed by atoms with van der Waals surface area (Å²) in [5.74, 6) is -2.76. The van der Waals surface area contributed by atoms with Gasteiger partial charge in [0.2, 0.25) is 0 Å².